The highest BCUT2D eigenvalue weighted by atomic mass is 16.3. The first-order valence-corrected chi connectivity index (χ1v) is 6.37. The molecule has 1 fully saturated rings. The lowest BCUT2D eigenvalue weighted by Gasteiger charge is -2.49. The number of likely N-dealkylation sites (N-methyl/N-ethyl adjacent to an activating group) is 1. The van der Waals surface area contributed by atoms with E-state index in [2.05, 4.69) is 36.8 Å². The van der Waals surface area contributed by atoms with Gasteiger partial charge < -0.3 is 4.42 Å². The van der Waals surface area contributed by atoms with E-state index in [1.807, 2.05) is 12.1 Å². The average molecular weight is 247 g/mol. The molecule has 0 aliphatic carbocycles. The molecule has 0 bridgehead atoms. The molecule has 0 saturated carbocycles. The molecule has 18 heavy (non-hydrogen) atoms. The minimum Gasteiger partial charge on any atom is -0.468 e. The molecule has 1 atom stereocenters. The molecule has 0 N–H and O–H groups in total. The van der Waals surface area contributed by atoms with E-state index in [-0.39, 0.29) is 5.54 Å². The molecule has 1 aliphatic heterocycles. The quantitative estimate of drug-likeness (QED) is 0.820. The maximum absolute atomic E-state index is 8.94. The van der Waals surface area contributed by atoms with Gasteiger partial charge in [0.2, 0.25) is 0 Å². The van der Waals surface area contributed by atoms with Gasteiger partial charge in [-0.1, -0.05) is 0 Å². The van der Waals surface area contributed by atoms with Gasteiger partial charge in [-0.2, -0.15) is 5.26 Å². The van der Waals surface area contributed by atoms with Crippen LogP contribution in [-0.4, -0.2) is 41.5 Å². The molecule has 1 saturated heterocycles. The van der Waals surface area contributed by atoms with E-state index in [0.29, 0.717) is 12.5 Å². The molecule has 1 aromatic heterocycles. The normalized spacial score (nSPS) is 24.9. The SMILES string of the molecule is CN1C(CC#N)CN(Cc2ccco2)CC1(C)C. The van der Waals surface area contributed by atoms with Crippen LogP contribution >= 0.6 is 0 Å². The molecule has 2 rings (SSSR count). The van der Waals surface area contributed by atoms with Crippen molar-refractivity contribution in [2.75, 3.05) is 20.1 Å². The second-order valence-electron chi connectivity index (χ2n) is 5.69. The van der Waals surface area contributed by atoms with Gasteiger partial charge in [-0.25, -0.2) is 0 Å². The Kier molecular flexibility index (Phi) is 3.74. The molecule has 0 amide bonds. The molecular formula is C14H21N3O. The largest absolute Gasteiger partial charge is 0.468 e. The molecule has 0 spiro atoms. The van der Waals surface area contributed by atoms with Crippen LogP contribution in [0, 0.1) is 11.3 Å². The van der Waals surface area contributed by atoms with Crippen molar-refractivity contribution >= 4 is 0 Å². The zero-order valence-corrected chi connectivity index (χ0v) is 11.4. The van der Waals surface area contributed by atoms with Crippen LogP contribution in [0.15, 0.2) is 22.8 Å². The van der Waals surface area contributed by atoms with Gasteiger partial charge in [-0.3, -0.25) is 9.80 Å². The molecule has 4 heteroatoms. The lowest BCUT2D eigenvalue weighted by Crippen LogP contribution is -2.61. The number of rotatable bonds is 3. The Balaban J connectivity index is 2.07. The van der Waals surface area contributed by atoms with Crippen LogP contribution in [0.4, 0.5) is 0 Å². The van der Waals surface area contributed by atoms with Gasteiger partial charge >= 0.3 is 0 Å². The third-order valence-electron chi connectivity index (χ3n) is 3.87. The molecule has 1 unspecified atom stereocenters. The van der Waals surface area contributed by atoms with Crippen molar-refractivity contribution in [2.24, 2.45) is 0 Å². The minimum atomic E-state index is 0.0896. The van der Waals surface area contributed by atoms with Gasteiger partial charge in [0.05, 0.1) is 25.3 Å². The predicted octanol–water partition coefficient (Wildman–Crippen LogP) is 2.09. The summed E-state index contributed by atoms with van der Waals surface area (Å²) < 4.78 is 5.41. The lowest BCUT2D eigenvalue weighted by atomic mass is 9.94. The van der Waals surface area contributed by atoms with Crippen molar-refractivity contribution in [3.63, 3.8) is 0 Å². The number of nitrogens with zero attached hydrogens (tertiary/aromatic N) is 3. The number of hydrogen-bond acceptors (Lipinski definition) is 4. The van der Waals surface area contributed by atoms with Crippen molar-refractivity contribution in [1.82, 2.24) is 9.80 Å². The second kappa shape index (κ2) is 5.13. The van der Waals surface area contributed by atoms with Crippen LogP contribution in [0.5, 0.6) is 0 Å². The summed E-state index contributed by atoms with van der Waals surface area (Å²) in [5, 5.41) is 8.94. The predicted molar refractivity (Wildman–Crippen MR) is 69.8 cm³/mol. The molecule has 0 aromatic carbocycles. The van der Waals surface area contributed by atoms with Crippen LogP contribution in [0.1, 0.15) is 26.0 Å². The summed E-state index contributed by atoms with van der Waals surface area (Å²) in [6, 6.07) is 6.52. The fraction of sp³-hybridized carbons (Fsp3) is 0.643. The highest BCUT2D eigenvalue weighted by Crippen LogP contribution is 2.26. The van der Waals surface area contributed by atoms with Gasteiger partial charge in [0.1, 0.15) is 5.76 Å². The van der Waals surface area contributed by atoms with Gasteiger partial charge in [0, 0.05) is 24.7 Å². The van der Waals surface area contributed by atoms with Crippen molar-refractivity contribution < 1.29 is 4.42 Å². The topological polar surface area (TPSA) is 43.4 Å². The van der Waals surface area contributed by atoms with Crippen molar-refractivity contribution in [1.29, 1.82) is 5.26 Å². The van der Waals surface area contributed by atoms with Gasteiger partial charge in [-0.05, 0) is 33.0 Å². The molecule has 1 aliphatic rings. The van der Waals surface area contributed by atoms with Crippen LogP contribution in [0.2, 0.25) is 0 Å². The number of furan rings is 1. The summed E-state index contributed by atoms with van der Waals surface area (Å²) in [5.41, 5.74) is 0.0896. The van der Waals surface area contributed by atoms with Crippen molar-refractivity contribution in [3.05, 3.63) is 24.2 Å². The monoisotopic (exact) mass is 247 g/mol. The first-order chi connectivity index (χ1) is 8.53. The third-order valence-corrected chi connectivity index (χ3v) is 3.87. The average Bonchev–Trinajstić information content (AvgIpc) is 2.78. The summed E-state index contributed by atoms with van der Waals surface area (Å²) in [6.07, 6.45) is 2.29. The fourth-order valence-electron chi connectivity index (χ4n) is 2.69. The Morgan fingerprint density at radius 2 is 2.33 bits per heavy atom. The number of nitriles is 1. The molecule has 1 aromatic rings. The fourth-order valence-corrected chi connectivity index (χ4v) is 2.69. The summed E-state index contributed by atoms with van der Waals surface area (Å²) in [7, 11) is 2.12. The number of piperazine rings is 1. The zero-order valence-electron chi connectivity index (χ0n) is 11.4. The minimum absolute atomic E-state index is 0.0896. The van der Waals surface area contributed by atoms with Crippen molar-refractivity contribution in [2.45, 2.75) is 38.4 Å². The maximum atomic E-state index is 8.94. The summed E-state index contributed by atoms with van der Waals surface area (Å²) >= 11 is 0. The third kappa shape index (κ3) is 2.74. The van der Waals surface area contributed by atoms with Crippen LogP contribution in [0.3, 0.4) is 0 Å². The highest BCUT2D eigenvalue weighted by molar-refractivity contribution is 5.02. The van der Waals surface area contributed by atoms with E-state index in [1.165, 1.54) is 0 Å². The first kappa shape index (κ1) is 13.1. The molecule has 4 nitrogen and oxygen atoms in total. The Hall–Kier alpha value is -1.31. The van der Waals surface area contributed by atoms with Crippen LogP contribution < -0.4 is 0 Å². The van der Waals surface area contributed by atoms with E-state index < -0.39 is 0 Å². The van der Waals surface area contributed by atoms with Gasteiger partial charge in [0.25, 0.3) is 0 Å². The summed E-state index contributed by atoms with van der Waals surface area (Å²) in [5.74, 6) is 0.992. The van der Waals surface area contributed by atoms with Crippen LogP contribution in [0.25, 0.3) is 0 Å². The molecule has 98 valence electrons. The van der Waals surface area contributed by atoms with Crippen molar-refractivity contribution in [3.8, 4) is 6.07 Å². The van der Waals surface area contributed by atoms with Crippen LogP contribution in [-0.2, 0) is 6.54 Å². The maximum Gasteiger partial charge on any atom is 0.117 e. The Bertz CT molecular complexity index is 419. The van der Waals surface area contributed by atoms with E-state index in [0.717, 1.165) is 25.4 Å². The smallest absolute Gasteiger partial charge is 0.117 e. The van der Waals surface area contributed by atoms with E-state index >= 15 is 0 Å². The van der Waals surface area contributed by atoms with E-state index in [1.54, 1.807) is 6.26 Å². The number of hydrogen-bond donors (Lipinski definition) is 0. The molecular weight excluding hydrogens is 226 g/mol. The summed E-state index contributed by atoms with van der Waals surface area (Å²) in [6.45, 7) is 7.20. The Morgan fingerprint density at radius 1 is 1.56 bits per heavy atom. The van der Waals surface area contributed by atoms with Gasteiger partial charge in [-0.15, -0.1) is 0 Å². The summed E-state index contributed by atoms with van der Waals surface area (Å²) in [4.78, 5) is 4.70. The van der Waals surface area contributed by atoms with E-state index in [9.17, 15) is 0 Å². The standard InChI is InChI=1S/C14H21N3O/c1-14(2)11-17(10-13-5-4-8-18-13)9-12(6-7-15)16(14)3/h4-5,8,12H,6,9-11H2,1-3H3. The first-order valence-electron chi connectivity index (χ1n) is 6.37. The van der Waals surface area contributed by atoms with Gasteiger partial charge in [0.15, 0.2) is 0 Å². The Morgan fingerprint density at radius 3 is 2.94 bits per heavy atom. The van der Waals surface area contributed by atoms with E-state index in [4.69, 9.17) is 9.68 Å². The lowest BCUT2D eigenvalue weighted by molar-refractivity contribution is -0.0103. The molecule has 2 heterocycles. The molecule has 0 radical (unpaired) electrons. The zero-order chi connectivity index (χ0) is 13.2. The Labute approximate surface area is 109 Å². The highest BCUT2D eigenvalue weighted by Gasteiger charge is 2.37. The second-order valence-corrected chi connectivity index (χ2v) is 5.69.